The Morgan fingerprint density at radius 1 is 0.800 bits per heavy atom. The number of nitrogens with zero attached hydrogens (tertiary/aromatic N) is 2. The van der Waals surface area contributed by atoms with Gasteiger partial charge in [-0.05, 0) is 26.3 Å². The van der Waals surface area contributed by atoms with Crippen LogP contribution in [0.1, 0.15) is 111 Å². The third kappa shape index (κ3) is 16.4. The summed E-state index contributed by atoms with van der Waals surface area (Å²) in [5, 5.41) is 0. The van der Waals surface area contributed by atoms with Crippen LogP contribution in [-0.2, 0) is 4.79 Å². The molecule has 0 spiro atoms. The zero-order chi connectivity index (χ0) is 21.8. The van der Waals surface area contributed by atoms with E-state index in [1.54, 1.807) is 0 Å². The van der Waals surface area contributed by atoms with Gasteiger partial charge < -0.3 is 26.4 Å². The number of unbranched alkanes of at least 4 members (excludes halogenated alkanes) is 12. The van der Waals surface area contributed by atoms with Crippen molar-refractivity contribution >= 4 is 5.91 Å². The third-order valence-corrected chi connectivity index (χ3v) is 6.69. The molecule has 0 bridgehead atoms. The lowest BCUT2D eigenvalue weighted by Crippen LogP contribution is -3.00. The van der Waals surface area contributed by atoms with Crippen molar-refractivity contribution in [2.75, 3.05) is 39.8 Å². The molecule has 1 amide bonds. The molecule has 0 aliphatic carbocycles. The van der Waals surface area contributed by atoms with Crippen LogP contribution in [0.3, 0.4) is 0 Å². The van der Waals surface area contributed by atoms with Crippen molar-refractivity contribution in [2.45, 2.75) is 111 Å². The SMILES string of the molecule is C=CC[N+](CC)(CC)CCN(C)C(=O)CCCCCCCCCCCCCCC.[Br-]. The van der Waals surface area contributed by atoms with Crippen molar-refractivity contribution in [3.63, 3.8) is 0 Å². The normalized spacial score (nSPS) is 11.2. The van der Waals surface area contributed by atoms with Gasteiger partial charge in [-0.2, -0.15) is 0 Å². The molecule has 0 rings (SSSR count). The molecule has 0 aliphatic rings. The molecule has 0 atom stereocenters. The Hall–Kier alpha value is -0.350. The van der Waals surface area contributed by atoms with Crippen molar-refractivity contribution in [1.29, 1.82) is 0 Å². The maximum absolute atomic E-state index is 12.4. The monoisotopic (exact) mass is 488 g/mol. The number of carbonyl (C=O) groups is 1. The maximum Gasteiger partial charge on any atom is 0.222 e. The lowest BCUT2D eigenvalue weighted by Gasteiger charge is -2.37. The standard InChI is InChI=1S/C26H53N2O.BrH/c1-6-10-11-12-13-14-15-16-17-18-19-20-21-22-26(29)27(5)23-25-28(8-3,9-4)24-7-2;/h7H,2,6,8-25H2,1,3-5H3;1H/q+1;/p-1. The lowest BCUT2D eigenvalue weighted by atomic mass is 10.0. The number of carbonyl (C=O) groups excluding carboxylic acids is 1. The first kappa shape index (κ1) is 31.8. The van der Waals surface area contributed by atoms with Crippen LogP contribution in [0.15, 0.2) is 12.7 Å². The summed E-state index contributed by atoms with van der Waals surface area (Å²) in [4.78, 5) is 14.3. The van der Waals surface area contributed by atoms with Gasteiger partial charge in [-0.3, -0.25) is 4.79 Å². The topological polar surface area (TPSA) is 20.3 Å². The molecule has 0 fully saturated rings. The van der Waals surface area contributed by atoms with Crippen LogP contribution in [0.25, 0.3) is 0 Å². The van der Waals surface area contributed by atoms with Gasteiger partial charge in [0.15, 0.2) is 0 Å². The lowest BCUT2D eigenvalue weighted by molar-refractivity contribution is -0.918. The summed E-state index contributed by atoms with van der Waals surface area (Å²) < 4.78 is 1.03. The second kappa shape index (κ2) is 21.9. The van der Waals surface area contributed by atoms with Crippen LogP contribution in [0.5, 0.6) is 0 Å². The number of amides is 1. The first-order valence-corrected chi connectivity index (χ1v) is 12.7. The molecule has 0 heterocycles. The number of halogens is 1. The van der Waals surface area contributed by atoms with Gasteiger partial charge in [-0.25, -0.2) is 0 Å². The molecule has 0 aromatic heterocycles. The Labute approximate surface area is 200 Å². The Kier molecular flexibility index (Phi) is 23.2. The molecule has 4 heteroatoms. The van der Waals surface area contributed by atoms with Crippen molar-refractivity contribution in [3.8, 4) is 0 Å². The minimum Gasteiger partial charge on any atom is -1.00 e. The molecule has 0 aromatic carbocycles. The van der Waals surface area contributed by atoms with Crippen molar-refractivity contribution in [1.82, 2.24) is 4.90 Å². The summed E-state index contributed by atoms with van der Waals surface area (Å²) in [6.07, 6.45) is 20.3. The number of likely N-dealkylation sites (N-methyl/N-ethyl adjacent to an activating group) is 2. The van der Waals surface area contributed by atoms with E-state index < -0.39 is 0 Å². The summed E-state index contributed by atoms with van der Waals surface area (Å²) >= 11 is 0. The Balaban J connectivity index is 0. The number of rotatable bonds is 21. The number of quaternary nitrogens is 1. The smallest absolute Gasteiger partial charge is 0.222 e. The maximum atomic E-state index is 12.4. The highest BCUT2D eigenvalue weighted by Crippen LogP contribution is 2.13. The first-order chi connectivity index (χ1) is 14.0. The molecule has 0 radical (unpaired) electrons. The molecule has 180 valence electrons. The molecule has 0 aliphatic heterocycles. The fraction of sp³-hybridized carbons (Fsp3) is 0.885. The minimum absolute atomic E-state index is 0. The number of hydrogen-bond acceptors (Lipinski definition) is 1. The summed E-state index contributed by atoms with van der Waals surface area (Å²) in [6, 6.07) is 0. The molecule has 0 aromatic rings. The largest absolute Gasteiger partial charge is 1.00 e. The van der Waals surface area contributed by atoms with Gasteiger partial charge >= 0.3 is 0 Å². The summed E-state index contributed by atoms with van der Waals surface area (Å²) in [5.74, 6) is 0.317. The van der Waals surface area contributed by atoms with Crippen LogP contribution in [-0.4, -0.2) is 55.1 Å². The Morgan fingerprint density at radius 3 is 1.63 bits per heavy atom. The predicted molar refractivity (Wildman–Crippen MR) is 129 cm³/mol. The van der Waals surface area contributed by atoms with Crippen LogP contribution < -0.4 is 17.0 Å². The van der Waals surface area contributed by atoms with Gasteiger partial charge in [0.05, 0.1) is 32.7 Å². The molecule has 0 saturated heterocycles. The molecular weight excluding hydrogens is 436 g/mol. The fourth-order valence-corrected chi connectivity index (χ4v) is 4.13. The quantitative estimate of drug-likeness (QED) is 0.136. The van der Waals surface area contributed by atoms with Crippen LogP contribution >= 0.6 is 0 Å². The zero-order valence-corrected chi connectivity index (χ0v) is 22.5. The van der Waals surface area contributed by atoms with Gasteiger partial charge in [-0.1, -0.05) is 90.6 Å². The molecule has 0 saturated carbocycles. The van der Waals surface area contributed by atoms with Crippen LogP contribution in [0, 0.1) is 0 Å². The first-order valence-electron chi connectivity index (χ1n) is 12.7. The minimum atomic E-state index is 0. The van der Waals surface area contributed by atoms with E-state index in [4.69, 9.17) is 0 Å². The summed E-state index contributed by atoms with van der Waals surface area (Å²) in [7, 11) is 1.97. The highest BCUT2D eigenvalue weighted by molar-refractivity contribution is 5.75. The highest BCUT2D eigenvalue weighted by Gasteiger charge is 2.22. The second-order valence-electron chi connectivity index (χ2n) is 8.98. The van der Waals surface area contributed by atoms with E-state index in [2.05, 4.69) is 27.4 Å². The van der Waals surface area contributed by atoms with E-state index in [1.807, 2.05) is 18.0 Å². The molecular formula is C26H53BrN2O. The van der Waals surface area contributed by atoms with Gasteiger partial charge in [0.2, 0.25) is 5.91 Å². The third-order valence-electron chi connectivity index (χ3n) is 6.69. The average Bonchev–Trinajstić information content (AvgIpc) is 2.74. The van der Waals surface area contributed by atoms with E-state index in [0.717, 1.165) is 43.6 Å². The van der Waals surface area contributed by atoms with E-state index in [-0.39, 0.29) is 17.0 Å². The van der Waals surface area contributed by atoms with Gasteiger partial charge in [0.1, 0.15) is 0 Å². The van der Waals surface area contributed by atoms with E-state index in [0.29, 0.717) is 12.3 Å². The van der Waals surface area contributed by atoms with E-state index in [1.165, 1.54) is 77.0 Å². The average molecular weight is 490 g/mol. The predicted octanol–water partition coefficient (Wildman–Crippen LogP) is 3.97. The Bertz CT molecular complexity index is 396. The summed E-state index contributed by atoms with van der Waals surface area (Å²) in [6.45, 7) is 15.7. The summed E-state index contributed by atoms with van der Waals surface area (Å²) in [5.41, 5.74) is 0. The van der Waals surface area contributed by atoms with Gasteiger partial charge in [0.25, 0.3) is 0 Å². The van der Waals surface area contributed by atoms with E-state index in [9.17, 15) is 4.79 Å². The fourth-order valence-electron chi connectivity index (χ4n) is 4.13. The number of hydrogen-bond donors (Lipinski definition) is 0. The molecule has 0 unspecified atom stereocenters. The molecule has 3 nitrogen and oxygen atoms in total. The van der Waals surface area contributed by atoms with Crippen molar-refractivity contribution in [3.05, 3.63) is 12.7 Å². The van der Waals surface area contributed by atoms with E-state index >= 15 is 0 Å². The molecule has 30 heavy (non-hydrogen) atoms. The van der Waals surface area contributed by atoms with Gasteiger partial charge in [-0.15, -0.1) is 0 Å². The molecule has 0 N–H and O–H groups in total. The zero-order valence-electron chi connectivity index (χ0n) is 20.9. The van der Waals surface area contributed by atoms with Crippen molar-refractivity contribution in [2.24, 2.45) is 0 Å². The Morgan fingerprint density at radius 2 is 1.23 bits per heavy atom. The highest BCUT2D eigenvalue weighted by atomic mass is 79.9. The van der Waals surface area contributed by atoms with Crippen LogP contribution in [0.2, 0.25) is 0 Å². The van der Waals surface area contributed by atoms with Crippen LogP contribution in [0.4, 0.5) is 0 Å². The van der Waals surface area contributed by atoms with Crippen molar-refractivity contribution < 1.29 is 26.3 Å². The van der Waals surface area contributed by atoms with Gasteiger partial charge in [0, 0.05) is 13.5 Å². The second-order valence-corrected chi connectivity index (χ2v) is 8.98.